The molecule has 0 aliphatic carbocycles. The van der Waals surface area contributed by atoms with Gasteiger partial charge in [-0.1, -0.05) is 11.6 Å². The summed E-state index contributed by atoms with van der Waals surface area (Å²) in [6.45, 7) is 1.57. The molecule has 24 heavy (non-hydrogen) atoms. The van der Waals surface area contributed by atoms with E-state index in [1.165, 1.54) is 12.1 Å². The standard InChI is InChI=1S/C17H11ClFN3O2/c1-10-15(12(9-20)17(24-10)22-6-2-3-7-22)16(23)21-14-8-11(18)4-5-13(14)19/h2-8H,1H3,(H,21,23). The number of hydrogen-bond donors (Lipinski definition) is 1. The van der Waals surface area contributed by atoms with Crippen molar-refractivity contribution in [2.24, 2.45) is 0 Å². The predicted molar refractivity (Wildman–Crippen MR) is 86.9 cm³/mol. The van der Waals surface area contributed by atoms with Crippen LogP contribution >= 0.6 is 11.6 Å². The summed E-state index contributed by atoms with van der Waals surface area (Å²) in [4.78, 5) is 12.5. The van der Waals surface area contributed by atoms with Gasteiger partial charge in [-0.05, 0) is 37.3 Å². The lowest BCUT2D eigenvalue weighted by Crippen LogP contribution is -2.15. The fraction of sp³-hybridized carbons (Fsp3) is 0.0588. The highest BCUT2D eigenvalue weighted by Gasteiger charge is 2.25. The zero-order valence-corrected chi connectivity index (χ0v) is 13.3. The van der Waals surface area contributed by atoms with Crippen molar-refractivity contribution >= 4 is 23.2 Å². The number of amides is 1. The number of benzene rings is 1. The fourth-order valence-corrected chi connectivity index (χ4v) is 2.51. The topological polar surface area (TPSA) is 71.0 Å². The molecular formula is C17H11ClFN3O2. The molecule has 1 N–H and O–H groups in total. The minimum absolute atomic E-state index is 0.0561. The van der Waals surface area contributed by atoms with E-state index in [9.17, 15) is 14.4 Å². The van der Waals surface area contributed by atoms with Gasteiger partial charge in [0.1, 0.15) is 28.8 Å². The first-order chi connectivity index (χ1) is 11.5. The maximum atomic E-state index is 13.8. The Balaban J connectivity index is 2.02. The van der Waals surface area contributed by atoms with Crippen LogP contribution in [0.15, 0.2) is 47.1 Å². The molecule has 0 bridgehead atoms. The highest BCUT2D eigenvalue weighted by atomic mass is 35.5. The van der Waals surface area contributed by atoms with Crippen LogP contribution in [0.25, 0.3) is 5.88 Å². The van der Waals surface area contributed by atoms with Crippen molar-refractivity contribution in [2.45, 2.75) is 6.92 Å². The Morgan fingerprint density at radius 3 is 2.75 bits per heavy atom. The fourth-order valence-electron chi connectivity index (χ4n) is 2.34. The number of aryl methyl sites for hydroxylation is 1. The minimum Gasteiger partial charge on any atom is -0.443 e. The van der Waals surface area contributed by atoms with Gasteiger partial charge in [0, 0.05) is 17.4 Å². The molecule has 2 aromatic heterocycles. The van der Waals surface area contributed by atoms with Crippen LogP contribution in [0.5, 0.6) is 0 Å². The first-order valence-electron chi connectivity index (χ1n) is 6.94. The molecular weight excluding hydrogens is 333 g/mol. The van der Waals surface area contributed by atoms with Crippen LogP contribution in [0.1, 0.15) is 21.7 Å². The first-order valence-corrected chi connectivity index (χ1v) is 7.32. The molecule has 0 saturated carbocycles. The molecule has 120 valence electrons. The van der Waals surface area contributed by atoms with Gasteiger partial charge in [0.15, 0.2) is 0 Å². The van der Waals surface area contributed by atoms with Crippen LogP contribution in [-0.4, -0.2) is 10.5 Å². The van der Waals surface area contributed by atoms with Crippen LogP contribution in [0.4, 0.5) is 10.1 Å². The van der Waals surface area contributed by atoms with Gasteiger partial charge in [-0.15, -0.1) is 0 Å². The van der Waals surface area contributed by atoms with Gasteiger partial charge in [0.25, 0.3) is 5.91 Å². The Morgan fingerprint density at radius 2 is 2.08 bits per heavy atom. The molecule has 5 nitrogen and oxygen atoms in total. The number of carbonyl (C=O) groups is 1. The molecule has 1 amide bonds. The van der Waals surface area contributed by atoms with Crippen molar-refractivity contribution in [1.29, 1.82) is 5.26 Å². The third-order valence-corrected chi connectivity index (χ3v) is 3.66. The number of nitriles is 1. The van der Waals surface area contributed by atoms with E-state index in [-0.39, 0.29) is 33.5 Å². The Morgan fingerprint density at radius 1 is 1.38 bits per heavy atom. The Bertz CT molecular complexity index is 955. The van der Waals surface area contributed by atoms with E-state index in [4.69, 9.17) is 16.0 Å². The summed E-state index contributed by atoms with van der Waals surface area (Å²) in [5, 5.41) is 12.1. The maximum absolute atomic E-state index is 13.8. The number of halogens is 2. The Kier molecular flexibility index (Phi) is 4.11. The van der Waals surface area contributed by atoms with Crippen molar-refractivity contribution < 1.29 is 13.6 Å². The van der Waals surface area contributed by atoms with Gasteiger partial charge in [0.05, 0.1) is 5.69 Å². The second-order valence-electron chi connectivity index (χ2n) is 4.99. The molecule has 7 heteroatoms. The molecule has 3 rings (SSSR count). The summed E-state index contributed by atoms with van der Waals surface area (Å²) in [7, 11) is 0. The van der Waals surface area contributed by atoms with E-state index in [0.717, 1.165) is 6.07 Å². The lowest BCUT2D eigenvalue weighted by molar-refractivity contribution is 0.102. The highest BCUT2D eigenvalue weighted by molar-refractivity contribution is 6.31. The van der Waals surface area contributed by atoms with Gasteiger partial charge in [0.2, 0.25) is 5.88 Å². The molecule has 1 aromatic carbocycles. The number of anilines is 1. The molecule has 0 aliphatic rings. The monoisotopic (exact) mass is 343 g/mol. The van der Waals surface area contributed by atoms with E-state index in [2.05, 4.69) is 5.32 Å². The summed E-state index contributed by atoms with van der Waals surface area (Å²) in [5.41, 5.74) is 0.0590. The van der Waals surface area contributed by atoms with Crippen LogP contribution in [-0.2, 0) is 0 Å². The van der Waals surface area contributed by atoms with Crippen LogP contribution in [0.2, 0.25) is 5.02 Å². The Labute approximate surface area is 141 Å². The summed E-state index contributed by atoms with van der Waals surface area (Å²) in [6.07, 6.45) is 3.38. The van der Waals surface area contributed by atoms with Crippen molar-refractivity contribution in [3.05, 3.63) is 70.5 Å². The smallest absolute Gasteiger partial charge is 0.260 e. The highest BCUT2D eigenvalue weighted by Crippen LogP contribution is 2.27. The van der Waals surface area contributed by atoms with E-state index in [1.54, 1.807) is 36.0 Å². The van der Waals surface area contributed by atoms with Crippen LogP contribution < -0.4 is 5.32 Å². The average molecular weight is 344 g/mol. The minimum atomic E-state index is -0.646. The van der Waals surface area contributed by atoms with E-state index in [0.29, 0.717) is 0 Å². The van der Waals surface area contributed by atoms with Crippen molar-refractivity contribution in [1.82, 2.24) is 4.57 Å². The van der Waals surface area contributed by atoms with Gasteiger partial charge in [-0.2, -0.15) is 5.26 Å². The van der Waals surface area contributed by atoms with Crippen molar-refractivity contribution in [2.75, 3.05) is 5.32 Å². The molecule has 0 atom stereocenters. The van der Waals surface area contributed by atoms with Crippen molar-refractivity contribution in [3.8, 4) is 12.0 Å². The third kappa shape index (κ3) is 2.77. The summed E-state index contributed by atoms with van der Waals surface area (Å²) < 4.78 is 20.9. The van der Waals surface area contributed by atoms with Gasteiger partial charge < -0.3 is 9.73 Å². The van der Waals surface area contributed by atoms with Gasteiger partial charge >= 0.3 is 0 Å². The average Bonchev–Trinajstić information content (AvgIpc) is 3.17. The molecule has 0 fully saturated rings. The SMILES string of the molecule is Cc1oc(-n2cccc2)c(C#N)c1C(=O)Nc1cc(Cl)ccc1F. The van der Waals surface area contributed by atoms with E-state index in [1.807, 2.05) is 6.07 Å². The van der Waals surface area contributed by atoms with Crippen LogP contribution in [0.3, 0.4) is 0 Å². The van der Waals surface area contributed by atoms with Crippen molar-refractivity contribution in [3.63, 3.8) is 0 Å². The molecule has 2 heterocycles. The number of aromatic nitrogens is 1. The third-order valence-electron chi connectivity index (χ3n) is 3.42. The predicted octanol–water partition coefficient (Wildman–Crippen LogP) is 4.30. The first kappa shape index (κ1) is 15.8. The second-order valence-corrected chi connectivity index (χ2v) is 5.43. The number of furan rings is 1. The van der Waals surface area contributed by atoms with Gasteiger partial charge in [-0.25, -0.2) is 4.39 Å². The van der Waals surface area contributed by atoms with E-state index >= 15 is 0 Å². The number of rotatable bonds is 3. The zero-order chi connectivity index (χ0) is 17.3. The number of nitrogens with zero attached hydrogens (tertiary/aromatic N) is 2. The lowest BCUT2D eigenvalue weighted by atomic mass is 10.1. The summed E-state index contributed by atoms with van der Waals surface area (Å²) in [5.74, 6) is -0.780. The second kappa shape index (κ2) is 6.22. The molecule has 0 spiro atoms. The molecule has 0 unspecified atom stereocenters. The maximum Gasteiger partial charge on any atom is 0.260 e. The molecule has 0 radical (unpaired) electrons. The van der Waals surface area contributed by atoms with E-state index < -0.39 is 11.7 Å². The normalized spacial score (nSPS) is 10.4. The summed E-state index contributed by atoms with van der Waals surface area (Å²) >= 11 is 5.82. The summed E-state index contributed by atoms with van der Waals surface area (Å²) in [6, 6.07) is 9.32. The van der Waals surface area contributed by atoms with Gasteiger partial charge in [-0.3, -0.25) is 9.36 Å². The Hall–Kier alpha value is -3.04. The number of hydrogen-bond acceptors (Lipinski definition) is 3. The number of carbonyl (C=O) groups excluding carboxylic acids is 1. The molecule has 0 saturated heterocycles. The molecule has 3 aromatic rings. The number of nitrogens with one attached hydrogen (secondary N) is 1. The van der Waals surface area contributed by atoms with Crippen LogP contribution in [0, 0.1) is 24.1 Å². The zero-order valence-electron chi connectivity index (χ0n) is 12.5. The molecule has 0 aliphatic heterocycles. The largest absolute Gasteiger partial charge is 0.443 e. The lowest BCUT2D eigenvalue weighted by Gasteiger charge is -2.06. The quantitative estimate of drug-likeness (QED) is 0.771.